The van der Waals surface area contributed by atoms with Crippen molar-refractivity contribution in [2.24, 2.45) is 5.10 Å². The van der Waals surface area contributed by atoms with E-state index in [2.05, 4.69) is 34.8 Å². The number of carbonyl (C=O) groups is 1. The van der Waals surface area contributed by atoms with Crippen molar-refractivity contribution in [1.29, 1.82) is 0 Å². The second kappa shape index (κ2) is 9.00. The molecule has 0 spiro atoms. The predicted octanol–water partition coefficient (Wildman–Crippen LogP) is 4.89. The van der Waals surface area contributed by atoms with E-state index >= 15 is 0 Å². The normalized spacial score (nSPS) is 11.2. The first-order chi connectivity index (χ1) is 13.5. The fraction of sp³-hybridized carbons (Fsp3) is 0.167. The minimum absolute atomic E-state index is 0.0754. The summed E-state index contributed by atoms with van der Waals surface area (Å²) in [4.78, 5) is 12.0. The standard InChI is InChI=1S/C24H24N2O2/c1-17-8-7-11-23(18(17)2)28-16-24(27)26-25-19(3)20-12-14-22(15-13-20)21-9-5-4-6-10-21/h4-15H,16H2,1-3H3,(H,26,27)/b25-19+. The van der Waals surface area contributed by atoms with Crippen molar-refractivity contribution >= 4 is 11.6 Å². The van der Waals surface area contributed by atoms with Crippen LogP contribution in [0.4, 0.5) is 0 Å². The van der Waals surface area contributed by atoms with E-state index in [9.17, 15) is 4.79 Å². The van der Waals surface area contributed by atoms with Gasteiger partial charge in [-0.2, -0.15) is 5.10 Å². The molecular formula is C24H24N2O2. The van der Waals surface area contributed by atoms with Crippen molar-refractivity contribution in [3.8, 4) is 16.9 Å². The summed E-state index contributed by atoms with van der Waals surface area (Å²) in [5.74, 6) is 0.425. The van der Waals surface area contributed by atoms with E-state index in [1.165, 1.54) is 5.56 Å². The number of carbonyl (C=O) groups excluding carboxylic acids is 1. The first-order valence-corrected chi connectivity index (χ1v) is 9.22. The molecule has 0 radical (unpaired) electrons. The maximum atomic E-state index is 12.0. The Kier molecular flexibility index (Phi) is 6.22. The first kappa shape index (κ1) is 19.4. The number of aryl methyl sites for hydroxylation is 1. The molecule has 0 atom stereocenters. The van der Waals surface area contributed by atoms with Gasteiger partial charge in [0.1, 0.15) is 5.75 Å². The monoisotopic (exact) mass is 372 g/mol. The molecule has 3 aromatic rings. The number of benzene rings is 3. The molecule has 0 bridgehead atoms. The van der Waals surface area contributed by atoms with E-state index < -0.39 is 0 Å². The molecule has 28 heavy (non-hydrogen) atoms. The van der Waals surface area contributed by atoms with E-state index in [0.717, 1.165) is 28.0 Å². The summed E-state index contributed by atoms with van der Waals surface area (Å²) in [6.07, 6.45) is 0. The van der Waals surface area contributed by atoms with Crippen molar-refractivity contribution in [1.82, 2.24) is 5.43 Å². The summed E-state index contributed by atoms with van der Waals surface area (Å²) in [7, 11) is 0. The van der Waals surface area contributed by atoms with Crippen molar-refractivity contribution in [2.45, 2.75) is 20.8 Å². The van der Waals surface area contributed by atoms with Crippen LogP contribution in [0.15, 0.2) is 77.9 Å². The fourth-order valence-corrected chi connectivity index (χ4v) is 2.80. The molecule has 0 saturated carbocycles. The lowest BCUT2D eigenvalue weighted by atomic mass is 10.0. The predicted molar refractivity (Wildman–Crippen MR) is 114 cm³/mol. The van der Waals surface area contributed by atoms with Crippen LogP contribution in [0.1, 0.15) is 23.6 Å². The second-order valence-electron chi connectivity index (χ2n) is 6.66. The zero-order chi connectivity index (χ0) is 19.9. The van der Waals surface area contributed by atoms with Gasteiger partial charge in [0.15, 0.2) is 6.61 Å². The summed E-state index contributed by atoms with van der Waals surface area (Å²) in [6, 6.07) is 24.1. The number of nitrogens with one attached hydrogen (secondary N) is 1. The lowest BCUT2D eigenvalue weighted by Crippen LogP contribution is -2.25. The summed E-state index contributed by atoms with van der Waals surface area (Å²) < 4.78 is 5.60. The lowest BCUT2D eigenvalue weighted by molar-refractivity contribution is -0.123. The van der Waals surface area contributed by atoms with Gasteiger partial charge in [-0.05, 0) is 54.7 Å². The van der Waals surface area contributed by atoms with Gasteiger partial charge in [0, 0.05) is 0 Å². The largest absolute Gasteiger partial charge is 0.483 e. The van der Waals surface area contributed by atoms with E-state index in [-0.39, 0.29) is 12.5 Å². The molecule has 0 saturated heterocycles. The Balaban J connectivity index is 1.57. The van der Waals surface area contributed by atoms with E-state index in [0.29, 0.717) is 5.75 Å². The minimum Gasteiger partial charge on any atom is -0.483 e. The molecule has 0 aliphatic carbocycles. The minimum atomic E-state index is -0.291. The highest BCUT2D eigenvalue weighted by Gasteiger charge is 2.06. The van der Waals surface area contributed by atoms with Gasteiger partial charge in [0.2, 0.25) is 0 Å². The van der Waals surface area contributed by atoms with Crippen LogP contribution in [-0.2, 0) is 4.79 Å². The SMILES string of the molecule is C/C(=N\NC(=O)COc1cccc(C)c1C)c1ccc(-c2ccccc2)cc1. The Hall–Kier alpha value is -3.40. The molecule has 142 valence electrons. The van der Waals surface area contributed by atoms with Crippen LogP contribution in [0.25, 0.3) is 11.1 Å². The third kappa shape index (κ3) is 4.86. The van der Waals surface area contributed by atoms with Crippen molar-refractivity contribution in [2.75, 3.05) is 6.61 Å². The third-order valence-corrected chi connectivity index (χ3v) is 4.67. The van der Waals surface area contributed by atoms with Gasteiger partial charge in [-0.25, -0.2) is 5.43 Å². The molecule has 3 aromatic carbocycles. The molecule has 4 nitrogen and oxygen atoms in total. The van der Waals surface area contributed by atoms with E-state index in [4.69, 9.17) is 4.74 Å². The molecule has 0 fully saturated rings. The Bertz CT molecular complexity index is 977. The maximum absolute atomic E-state index is 12.0. The van der Waals surface area contributed by atoms with Gasteiger partial charge in [0.25, 0.3) is 5.91 Å². The number of nitrogens with zero attached hydrogens (tertiary/aromatic N) is 1. The van der Waals surface area contributed by atoms with Crippen LogP contribution in [0.2, 0.25) is 0 Å². The van der Waals surface area contributed by atoms with Crippen LogP contribution >= 0.6 is 0 Å². The van der Waals surface area contributed by atoms with Gasteiger partial charge < -0.3 is 4.74 Å². The van der Waals surface area contributed by atoms with Gasteiger partial charge >= 0.3 is 0 Å². The molecule has 0 aliphatic rings. The number of hydrogen-bond acceptors (Lipinski definition) is 3. The van der Waals surface area contributed by atoms with E-state index in [1.54, 1.807) is 0 Å². The van der Waals surface area contributed by atoms with Crippen molar-refractivity contribution < 1.29 is 9.53 Å². The Labute approximate surface area is 165 Å². The topological polar surface area (TPSA) is 50.7 Å². The number of hydrogen-bond donors (Lipinski definition) is 1. The molecule has 0 unspecified atom stereocenters. The molecule has 1 N–H and O–H groups in total. The first-order valence-electron chi connectivity index (χ1n) is 9.22. The third-order valence-electron chi connectivity index (χ3n) is 4.67. The van der Waals surface area contributed by atoms with Gasteiger partial charge in [-0.1, -0.05) is 66.7 Å². The summed E-state index contributed by atoms with van der Waals surface area (Å²) >= 11 is 0. The van der Waals surface area contributed by atoms with Gasteiger partial charge in [-0.3, -0.25) is 4.79 Å². The number of ether oxygens (including phenoxy) is 1. The van der Waals surface area contributed by atoms with Crippen LogP contribution < -0.4 is 10.2 Å². The molecular weight excluding hydrogens is 348 g/mol. The average molecular weight is 372 g/mol. The Morgan fingerprint density at radius 3 is 2.29 bits per heavy atom. The van der Waals surface area contributed by atoms with Gasteiger partial charge in [-0.15, -0.1) is 0 Å². The number of amides is 1. The molecule has 4 heteroatoms. The van der Waals surface area contributed by atoms with E-state index in [1.807, 2.05) is 69.3 Å². The van der Waals surface area contributed by atoms with Crippen LogP contribution in [0.5, 0.6) is 5.75 Å². The highest BCUT2D eigenvalue weighted by Crippen LogP contribution is 2.21. The Morgan fingerprint density at radius 2 is 1.57 bits per heavy atom. The summed E-state index contributed by atoms with van der Waals surface area (Å²) in [5, 5.41) is 4.19. The van der Waals surface area contributed by atoms with Crippen LogP contribution in [-0.4, -0.2) is 18.2 Å². The average Bonchev–Trinajstić information content (AvgIpc) is 2.74. The van der Waals surface area contributed by atoms with Crippen molar-refractivity contribution in [3.63, 3.8) is 0 Å². The van der Waals surface area contributed by atoms with Gasteiger partial charge in [0.05, 0.1) is 5.71 Å². The summed E-state index contributed by atoms with van der Waals surface area (Å²) in [5.41, 5.74) is 8.72. The number of hydrazone groups is 1. The van der Waals surface area contributed by atoms with Crippen molar-refractivity contribution in [3.05, 3.63) is 89.5 Å². The molecule has 3 rings (SSSR count). The van der Waals surface area contributed by atoms with Crippen LogP contribution in [0, 0.1) is 13.8 Å². The quantitative estimate of drug-likeness (QED) is 0.495. The highest BCUT2D eigenvalue weighted by molar-refractivity contribution is 5.99. The smallest absolute Gasteiger partial charge is 0.277 e. The zero-order valence-electron chi connectivity index (χ0n) is 16.4. The summed E-state index contributed by atoms with van der Waals surface area (Å²) in [6.45, 7) is 5.78. The van der Waals surface area contributed by atoms with Crippen LogP contribution in [0.3, 0.4) is 0 Å². The second-order valence-corrected chi connectivity index (χ2v) is 6.66. The molecule has 0 heterocycles. The molecule has 0 aromatic heterocycles. The lowest BCUT2D eigenvalue weighted by Gasteiger charge is -2.10. The highest BCUT2D eigenvalue weighted by atomic mass is 16.5. The number of rotatable bonds is 6. The zero-order valence-corrected chi connectivity index (χ0v) is 16.4. The molecule has 0 aliphatic heterocycles. The molecule has 1 amide bonds. The Morgan fingerprint density at radius 1 is 0.893 bits per heavy atom. The fourth-order valence-electron chi connectivity index (χ4n) is 2.80. The maximum Gasteiger partial charge on any atom is 0.277 e.